The van der Waals surface area contributed by atoms with Crippen LogP contribution in [0, 0.1) is 0 Å². The second-order valence-corrected chi connectivity index (χ2v) is 5.60. The van der Waals surface area contributed by atoms with Crippen molar-refractivity contribution in [3.63, 3.8) is 0 Å². The van der Waals surface area contributed by atoms with Gasteiger partial charge in [-0.1, -0.05) is 30.3 Å². The van der Waals surface area contributed by atoms with E-state index in [4.69, 9.17) is 4.74 Å². The molecule has 3 heteroatoms. The largest absolute Gasteiger partial charge is 0.376 e. The Balaban J connectivity index is 1.36. The Morgan fingerprint density at radius 2 is 1.86 bits per heavy atom. The number of hydrogen-bond acceptors (Lipinski definition) is 3. The van der Waals surface area contributed by atoms with Gasteiger partial charge in [-0.25, -0.2) is 0 Å². The molecule has 0 spiro atoms. The van der Waals surface area contributed by atoms with Gasteiger partial charge < -0.3 is 10.1 Å². The number of aromatic nitrogens is 1. The SMILES string of the molecule is c1ccc(CCOCc2ccc(CNC3CC3)cc2)nc1. The summed E-state index contributed by atoms with van der Waals surface area (Å²) in [4.78, 5) is 4.29. The minimum atomic E-state index is 0.670. The highest BCUT2D eigenvalue weighted by atomic mass is 16.5. The number of hydrogen-bond donors (Lipinski definition) is 1. The second-order valence-electron chi connectivity index (χ2n) is 5.60. The molecule has 21 heavy (non-hydrogen) atoms. The van der Waals surface area contributed by atoms with Crippen LogP contribution in [0.4, 0.5) is 0 Å². The Morgan fingerprint density at radius 1 is 1.05 bits per heavy atom. The molecule has 1 fully saturated rings. The molecule has 1 aliphatic rings. The van der Waals surface area contributed by atoms with Crippen molar-refractivity contribution in [1.29, 1.82) is 0 Å². The van der Waals surface area contributed by atoms with Gasteiger partial charge in [-0.05, 0) is 36.1 Å². The number of benzene rings is 1. The Labute approximate surface area is 126 Å². The van der Waals surface area contributed by atoms with E-state index in [1.165, 1.54) is 24.0 Å². The third-order valence-corrected chi connectivity index (χ3v) is 3.69. The smallest absolute Gasteiger partial charge is 0.0717 e. The fraction of sp³-hybridized carbons (Fsp3) is 0.389. The Bertz CT molecular complexity index is 535. The molecule has 0 unspecified atom stereocenters. The molecule has 0 bridgehead atoms. The fourth-order valence-electron chi connectivity index (χ4n) is 2.22. The van der Waals surface area contributed by atoms with Gasteiger partial charge in [-0.2, -0.15) is 0 Å². The van der Waals surface area contributed by atoms with Crippen LogP contribution < -0.4 is 5.32 Å². The van der Waals surface area contributed by atoms with E-state index in [1.54, 1.807) is 0 Å². The molecule has 110 valence electrons. The van der Waals surface area contributed by atoms with E-state index in [-0.39, 0.29) is 0 Å². The fourth-order valence-corrected chi connectivity index (χ4v) is 2.22. The molecule has 3 rings (SSSR count). The summed E-state index contributed by atoms with van der Waals surface area (Å²) in [5, 5.41) is 3.52. The van der Waals surface area contributed by atoms with Gasteiger partial charge in [0.15, 0.2) is 0 Å². The Kier molecular flexibility index (Phi) is 4.98. The van der Waals surface area contributed by atoms with Crippen LogP contribution in [-0.4, -0.2) is 17.6 Å². The molecule has 0 saturated heterocycles. The topological polar surface area (TPSA) is 34.1 Å². The molecule has 1 heterocycles. The average Bonchev–Trinajstić information content (AvgIpc) is 3.36. The molecule has 1 saturated carbocycles. The molecule has 1 N–H and O–H groups in total. The van der Waals surface area contributed by atoms with Crippen molar-refractivity contribution in [2.24, 2.45) is 0 Å². The summed E-state index contributed by atoms with van der Waals surface area (Å²) in [5.74, 6) is 0. The van der Waals surface area contributed by atoms with Crippen molar-refractivity contribution in [1.82, 2.24) is 10.3 Å². The summed E-state index contributed by atoms with van der Waals surface area (Å²) in [6.45, 7) is 2.36. The van der Waals surface area contributed by atoms with Crippen LogP contribution >= 0.6 is 0 Å². The van der Waals surface area contributed by atoms with Crippen LogP contribution in [0.25, 0.3) is 0 Å². The zero-order chi connectivity index (χ0) is 14.3. The van der Waals surface area contributed by atoms with Crippen LogP contribution in [0.2, 0.25) is 0 Å². The third kappa shape index (κ3) is 4.96. The third-order valence-electron chi connectivity index (χ3n) is 3.69. The molecule has 1 aromatic heterocycles. The zero-order valence-corrected chi connectivity index (χ0v) is 12.3. The lowest BCUT2D eigenvalue weighted by atomic mass is 10.1. The van der Waals surface area contributed by atoms with Gasteiger partial charge in [0.25, 0.3) is 0 Å². The summed E-state index contributed by atoms with van der Waals surface area (Å²) < 4.78 is 5.72. The monoisotopic (exact) mass is 282 g/mol. The first-order chi connectivity index (χ1) is 10.4. The molecule has 0 aliphatic heterocycles. The molecule has 1 aliphatic carbocycles. The molecule has 3 nitrogen and oxygen atoms in total. The lowest BCUT2D eigenvalue weighted by molar-refractivity contribution is 0.123. The normalized spacial score (nSPS) is 14.3. The van der Waals surface area contributed by atoms with Crippen molar-refractivity contribution >= 4 is 0 Å². The molecular formula is C18H22N2O. The number of nitrogens with zero attached hydrogens (tertiary/aromatic N) is 1. The van der Waals surface area contributed by atoms with Gasteiger partial charge in [0.1, 0.15) is 0 Å². The highest BCUT2D eigenvalue weighted by molar-refractivity contribution is 5.22. The summed E-state index contributed by atoms with van der Waals surface area (Å²) in [7, 11) is 0. The van der Waals surface area contributed by atoms with Crippen molar-refractivity contribution < 1.29 is 4.74 Å². The van der Waals surface area contributed by atoms with E-state index in [0.29, 0.717) is 13.2 Å². The Hall–Kier alpha value is -1.71. The van der Waals surface area contributed by atoms with Crippen LogP contribution in [-0.2, 0) is 24.3 Å². The maximum absolute atomic E-state index is 5.72. The van der Waals surface area contributed by atoms with Gasteiger partial charge in [-0.15, -0.1) is 0 Å². The average molecular weight is 282 g/mol. The van der Waals surface area contributed by atoms with Crippen LogP contribution in [0.15, 0.2) is 48.7 Å². The second kappa shape index (κ2) is 7.34. The molecule has 0 atom stereocenters. The number of ether oxygens (including phenoxy) is 1. The van der Waals surface area contributed by atoms with Gasteiger partial charge in [0.05, 0.1) is 13.2 Å². The zero-order valence-electron chi connectivity index (χ0n) is 12.3. The first-order valence-corrected chi connectivity index (χ1v) is 7.69. The van der Waals surface area contributed by atoms with E-state index in [9.17, 15) is 0 Å². The Morgan fingerprint density at radius 3 is 2.57 bits per heavy atom. The van der Waals surface area contributed by atoms with Crippen LogP contribution in [0.3, 0.4) is 0 Å². The summed E-state index contributed by atoms with van der Waals surface area (Å²) in [5.41, 5.74) is 3.66. The van der Waals surface area contributed by atoms with Crippen molar-refractivity contribution in [3.8, 4) is 0 Å². The van der Waals surface area contributed by atoms with E-state index >= 15 is 0 Å². The minimum absolute atomic E-state index is 0.670. The number of rotatable bonds is 8. The molecule has 1 aromatic carbocycles. The van der Waals surface area contributed by atoms with Crippen molar-refractivity contribution in [2.45, 2.75) is 38.5 Å². The molecule has 2 aromatic rings. The quantitative estimate of drug-likeness (QED) is 0.756. The van der Waals surface area contributed by atoms with Gasteiger partial charge >= 0.3 is 0 Å². The first kappa shape index (κ1) is 14.2. The highest BCUT2D eigenvalue weighted by Gasteiger charge is 2.19. The molecular weight excluding hydrogens is 260 g/mol. The van der Waals surface area contributed by atoms with Gasteiger partial charge in [0.2, 0.25) is 0 Å². The van der Waals surface area contributed by atoms with E-state index in [1.807, 2.05) is 24.4 Å². The maximum atomic E-state index is 5.72. The van der Waals surface area contributed by atoms with Crippen molar-refractivity contribution in [2.75, 3.05) is 6.61 Å². The van der Waals surface area contributed by atoms with Crippen molar-refractivity contribution in [3.05, 3.63) is 65.5 Å². The molecule has 0 radical (unpaired) electrons. The summed E-state index contributed by atoms with van der Waals surface area (Å²) in [6.07, 6.45) is 5.36. The lowest BCUT2D eigenvalue weighted by Gasteiger charge is -2.06. The van der Waals surface area contributed by atoms with E-state index < -0.39 is 0 Å². The van der Waals surface area contributed by atoms with Crippen LogP contribution in [0.5, 0.6) is 0 Å². The highest BCUT2D eigenvalue weighted by Crippen LogP contribution is 2.19. The summed E-state index contributed by atoms with van der Waals surface area (Å²) in [6, 6.07) is 15.4. The first-order valence-electron chi connectivity index (χ1n) is 7.69. The number of nitrogens with one attached hydrogen (secondary N) is 1. The predicted octanol–water partition coefficient (Wildman–Crippen LogP) is 3.09. The van der Waals surface area contributed by atoms with E-state index in [0.717, 1.165) is 24.7 Å². The van der Waals surface area contributed by atoms with Crippen LogP contribution in [0.1, 0.15) is 29.7 Å². The molecule has 0 amide bonds. The maximum Gasteiger partial charge on any atom is 0.0717 e. The number of pyridine rings is 1. The predicted molar refractivity (Wildman–Crippen MR) is 83.9 cm³/mol. The van der Waals surface area contributed by atoms with E-state index in [2.05, 4.69) is 34.6 Å². The lowest BCUT2D eigenvalue weighted by Crippen LogP contribution is -2.15. The minimum Gasteiger partial charge on any atom is -0.376 e. The summed E-state index contributed by atoms with van der Waals surface area (Å²) >= 11 is 0. The van der Waals surface area contributed by atoms with Gasteiger partial charge in [-0.3, -0.25) is 4.98 Å². The standard InChI is InChI=1S/C18H22N2O/c1-2-11-19-17(3-1)10-12-21-14-16-6-4-15(5-7-16)13-20-18-8-9-18/h1-7,11,18,20H,8-10,12-14H2. The van der Waals surface area contributed by atoms with Gasteiger partial charge in [0, 0.05) is 30.9 Å².